The highest BCUT2D eigenvalue weighted by Crippen LogP contribution is 2.33. The van der Waals surface area contributed by atoms with E-state index in [1.165, 1.54) is 19.3 Å². The van der Waals surface area contributed by atoms with Gasteiger partial charge < -0.3 is 10.3 Å². The number of nitrogens with zero attached hydrogens (tertiary/aromatic N) is 3. The number of hydrogen-bond donors (Lipinski definition) is 2. The van der Waals surface area contributed by atoms with Gasteiger partial charge in [0.1, 0.15) is 11.7 Å². The lowest BCUT2D eigenvalue weighted by Gasteiger charge is -2.24. The second-order valence-electron chi connectivity index (χ2n) is 5.89. The van der Waals surface area contributed by atoms with E-state index in [4.69, 9.17) is 0 Å². The minimum absolute atomic E-state index is 0.426. The first kappa shape index (κ1) is 13.1. The molecule has 3 aromatic rings. The van der Waals surface area contributed by atoms with Gasteiger partial charge in [-0.3, -0.25) is 0 Å². The standard InChI is InChI=1S/C17H17N5/c18-9-13-16(21-11-5-2-1-3-6-11)15-12-7-4-8-19-17(12)22-14(15)10-20-13/h4,7-8,10-11,21H,1-3,5-6H2,(H,19,22). The SMILES string of the molecule is N#Cc1ncc2[nH]c3ncccc3c2c1NC1CCCCC1. The Labute approximate surface area is 128 Å². The summed E-state index contributed by atoms with van der Waals surface area (Å²) < 4.78 is 0. The van der Waals surface area contributed by atoms with E-state index in [2.05, 4.69) is 26.3 Å². The second kappa shape index (κ2) is 5.30. The lowest BCUT2D eigenvalue weighted by Crippen LogP contribution is -2.23. The Kier molecular flexibility index (Phi) is 3.15. The van der Waals surface area contributed by atoms with Gasteiger partial charge in [-0.1, -0.05) is 19.3 Å². The third-order valence-electron chi connectivity index (χ3n) is 4.47. The number of aromatic amines is 1. The predicted molar refractivity (Wildman–Crippen MR) is 86.6 cm³/mol. The summed E-state index contributed by atoms with van der Waals surface area (Å²) in [5.41, 5.74) is 3.07. The molecule has 2 N–H and O–H groups in total. The van der Waals surface area contributed by atoms with E-state index in [9.17, 15) is 5.26 Å². The van der Waals surface area contributed by atoms with Crippen molar-refractivity contribution < 1.29 is 0 Å². The summed E-state index contributed by atoms with van der Waals surface area (Å²) in [6.45, 7) is 0. The molecule has 0 radical (unpaired) electrons. The van der Waals surface area contributed by atoms with Gasteiger partial charge in [0.05, 0.1) is 17.4 Å². The zero-order chi connectivity index (χ0) is 14.9. The lowest BCUT2D eigenvalue weighted by molar-refractivity contribution is 0.463. The number of pyridine rings is 2. The van der Waals surface area contributed by atoms with E-state index in [-0.39, 0.29) is 0 Å². The third kappa shape index (κ3) is 2.08. The van der Waals surface area contributed by atoms with E-state index in [1.54, 1.807) is 12.4 Å². The molecule has 0 aromatic carbocycles. The lowest BCUT2D eigenvalue weighted by atomic mass is 9.95. The molecule has 5 nitrogen and oxygen atoms in total. The molecule has 22 heavy (non-hydrogen) atoms. The van der Waals surface area contributed by atoms with Crippen LogP contribution < -0.4 is 5.32 Å². The third-order valence-corrected chi connectivity index (χ3v) is 4.47. The van der Waals surface area contributed by atoms with Gasteiger partial charge >= 0.3 is 0 Å². The number of hydrogen-bond acceptors (Lipinski definition) is 4. The first-order chi connectivity index (χ1) is 10.9. The van der Waals surface area contributed by atoms with Crippen LogP contribution in [0, 0.1) is 11.3 Å². The quantitative estimate of drug-likeness (QED) is 0.754. The van der Waals surface area contributed by atoms with Gasteiger partial charge in [-0.2, -0.15) is 5.26 Å². The van der Waals surface area contributed by atoms with Crippen LogP contribution in [-0.2, 0) is 0 Å². The molecule has 3 aromatic heterocycles. The van der Waals surface area contributed by atoms with Gasteiger partial charge in [-0.15, -0.1) is 0 Å². The summed E-state index contributed by atoms with van der Waals surface area (Å²) in [6.07, 6.45) is 9.61. The average Bonchev–Trinajstić information content (AvgIpc) is 2.95. The smallest absolute Gasteiger partial charge is 0.164 e. The molecule has 3 heterocycles. The van der Waals surface area contributed by atoms with E-state index in [0.29, 0.717) is 11.7 Å². The highest BCUT2D eigenvalue weighted by Gasteiger charge is 2.19. The van der Waals surface area contributed by atoms with Crippen LogP contribution in [0.25, 0.3) is 21.9 Å². The summed E-state index contributed by atoms with van der Waals surface area (Å²) in [5.74, 6) is 0. The van der Waals surface area contributed by atoms with E-state index >= 15 is 0 Å². The molecule has 5 heteroatoms. The Bertz CT molecular complexity index is 868. The molecule has 0 spiro atoms. The molecule has 0 aliphatic heterocycles. The highest BCUT2D eigenvalue weighted by molar-refractivity contribution is 6.12. The molecule has 1 saturated carbocycles. The number of nitriles is 1. The minimum Gasteiger partial charge on any atom is -0.379 e. The van der Waals surface area contributed by atoms with Crippen molar-refractivity contribution in [3.05, 3.63) is 30.2 Å². The maximum Gasteiger partial charge on any atom is 0.164 e. The number of anilines is 1. The molecular weight excluding hydrogens is 274 g/mol. The summed E-state index contributed by atoms with van der Waals surface area (Å²) in [7, 11) is 0. The fourth-order valence-corrected chi connectivity index (χ4v) is 3.40. The molecule has 0 unspecified atom stereocenters. The van der Waals surface area contributed by atoms with Crippen LogP contribution in [0.1, 0.15) is 37.8 Å². The van der Waals surface area contributed by atoms with Crippen molar-refractivity contribution in [3.8, 4) is 6.07 Å². The molecule has 4 rings (SSSR count). The van der Waals surface area contributed by atoms with Crippen LogP contribution in [0.15, 0.2) is 24.5 Å². The van der Waals surface area contributed by atoms with Crippen molar-refractivity contribution in [2.75, 3.05) is 5.32 Å². The average molecular weight is 291 g/mol. The van der Waals surface area contributed by atoms with Gasteiger partial charge in [-0.05, 0) is 25.0 Å². The summed E-state index contributed by atoms with van der Waals surface area (Å²) in [5, 5.41) is 15.1. The van der Waals surface area contributed by atoms with Gasteiger partial charge in [-0.25, -0.2) is 9.97 Å². The normalized spacial score (nSPS) is 16.0. The van der Waals surface area contributed by atoms with Gasteiger partial charge in [0.15, 0.2) is 5.69 Å². The van der Waals surface area contributed by atoms with Crippen LogP contribution in [0.2, 0.25) is 0 Å². The van der Waals surface area contributed by atoms with E-state index in [0.717, 1.165) is 40.5 Å². The van der Waals surface area contributed by atoms with Crippen molar-refractivity contribution >= 4 is 27.6 Å². The van der Waals surface area contributed by atoms with Crippen molar-refractivity contribution in [1.82, 2.24) is 15.0 Å². The Morgan fingerprint density at radius 1 is 1.23 bits per heavy atom. The molecule has 0 bridgehead atoms. The monoisotopic (exact) mass is 291 g/mol. The fourth-order valence-electron chi connectivity index (χ4n) is 3.40. The van der Waals surface area contributed by atoms with Gasteiger partial charge in [0.2, 0.25) is 0 Å². The summed E-state index contributed by atoms with van der Waals surface area (Å²) >= 11 is 0. The molecule has 110 valence electrons. The fraction of sp³-hybridized carbons (Fsp3) is 0.353. The zero-order valence-corrected chi connectivity index (χ0v) is 12.3. The first-order valence-corrected chi connectivity index (χ1v) is 7.79. The largest absolute Gasteiger partial charge is 0.379 e. The van der Waals surface area contributed by atoms with E-state index in [1.807, 2.05) is 12.1 Å². The highest BCUT2D eigenvalue weighted by atomic mass is 15.0. The van der Waals surface area contributed by atoms with Crippen LogP contribution in [0.4, 0.5) is 5.69 Å². The summed E-state index contributed by atoms with van der Waals surface area (Å²) in [4.78, 5) is 12.0. The molecular formula is C17H17N5. The molecule has 1 fully saturated rings. The van der Waals surface area contributed by atoms with Crippen molar-refractivity contribution in [2.45, 2.75) is 38.1 Å². The molecule has 0 saturated heterocycles. The number of fused-ring (bicyclic) bond motifs is 3. The number of aromatic nitrogens is 3. The van der Waals surface area contributed by atoms with Crippen LogP contribution in [0.3, 0.4) is 0 Å². The Morgan fingerprint density at radius 3 is 2.91 bits per heavy atom. The van der Waals surface area contributed by atoms with Gasteiger partial charge in [0.25, 0.3) is 0 Å². The second-order valence-corrected chi connectivity index (χ2v) is 5.89. The summed E-state index contributed by atoms with van der Waals surface area (Å²) in [6, 6.07) is 6.61. The van der Waals surface area contributed by atoms with Crippen LogP contribution in [-0.4, -0.2) is 21.0 Å². The molecule has 0 atom stereocenters. The Morgan fingerprint density at radius 2 is 2.09 bits per heavy atom. The molecule has 1 aliphatic rings. The topological polar surface area (TPSA) is 77.4 Å². The maximum atomic E-state index is 9.44. The van der Waals surface area contributed by atoms with Gasteiger partial charge in [0, 0.05) is 23.0 Å². The van der Waals surface area contributed by atoms with Crippen molar-refractivity contribution in [1.29, 1.82) is 5.26 Å². The number of H-pyrrole nitrogens is 1. The van der Waals surface area contributed by atoms with Crippen LogP contribution in [0.5, 0.6) is 0 Å². The zero-order valence-electron chi connectivity index (χ0n) is 12.3. The number of rotatable bonds is 2. The molecule has 0 amide bonds. The predicted octanol–water partition coefficient (Wildman–Crippen LogP) is 3.73. The maximum absolute atomic E-state index is 9.44. The first-order valence-electron chi connectivity index (χ1n) is 7.79. The Balaban J connectivity index is 1.91. The number of nitrogens with one attached hydrogen (secondary N) is 2. The van der Waals surface area contributed by atoms with Crippen molar-refractivity contribution in [2.24, 2.45) is 0 Å². The van der Waals surface area contributed by atoms with E-state index < -0.39 is 0 Å². The Hall–Kier alpha value is -2.61. The van der Waals surface area contributed by atoms with Crippen LogP contribution >= 0.6 is 0 Å². The minimum atomic E-state index is 0.426. The molecule has 1 aliphatic carbocycles. The van der Waals surface area contributed by atoms with Crippen molar-refractivity contribution in [3.63, 3.8) is 0 Å².